The number of aromatic nitrogens is 2. The molecule has 5 nitrogen and oxygen atoms in total. The average molecular weight is 244 g/mol. The second kappa shape index (κ2) is 5.35. The number of amides is 1. The summed E-state index contributed by atoms with van der Waals surface area (Å²) in [7, 11) is 0. The predicted molar refractivity (Wildman–Crippen MR) is 69.9 cm³/mol. The number of nitrogens with two attached hydrogens (primary N) is 1. The lowest BCUT2D eigenvalue weighted by Gasteiger charge is -2.16. The Kier molecular flexibility index (Phi) is 3.62. The molecular formula is C13H16N4O. The first-order chi connectivity index (χ1) is 8.70. The summed E-state index contributed by atoms with van der Waals surface area (Å²) in [5.74, 6) is 0.114. The lowest BCUT2D eigenvalue weighted by molar-refractivity contribution is 0.0930. The van der Waals surface area contributed by atoms with Crippen LogP contribution in [0.15, 0.2) is 36.4 Å². The molecule has 94 valence electrons. The number of nitrogen functional groups attached to an aromatic ring is 1. The van der Waals surface area contributed by atoms with Crippen molar-refractivity contribution >= 4 is 11.7 Å². The molecule has 18 heavy (non-hydrogen) atoms. The topological polar surface area (TPSA) is 83.8 Å². The number of nitrogens with zero attached hydrogens (tertiary/aromatic N) is 1. The van der Waals surface area contributed by atoms with E-state index in [4.69, 9.17) is 5.73 Å². The van der Waals surface area contributed by atoms with E-state index in [1.807, 2.05) is 37.3 Å². The Morgan fingerprint density at radius 3 is 2.72 bits per heavy atom. The Morgan fingerprint density at radius 1 is 1.44 bits per heavy atom. The Bertz CT molecular complexity index is 521. The summed E-state index contributed by atoms with van der Waals surface area (Å²) in [6, 6.07) is 11.4. The van der Waals surface area contributed by atoms with Gasteiger partial charge in [-0.2, -0.15) is 5.10 Å². The number of carbonyl (C=O) groups excluding carboxylic acids is 1. The SMILES string of the molecule is CC[C@@H](NC(=O)c1cc(N)n[nH]1)c1ccccc1. The number of carbonyl (C=O) groups is 1. The van der Waals surface area contributed by atoms with Crippen LogP contribution in [0.25, 0.3) is 0 Å². The maximum atomic E-state index is 12.0. The third-order valence-corrected chi connectivity index (χ3v) is 2.76. The second-order valence-corrected chi connectivity index (χ2v) is 4.05. The van der Waals surface area contributed by atoms with Crippen LogP contribution in [0.1, 0.15) is 35.4 Å². The Hall–Kier alpha value is -2.30. The summed E-state index contributed by atoms with van der Waals surface area (Å²) >= 11 is 0. The van der Waals surface area contributed by atoms with Gasteiger partial charge in [0.15, 0.2) is 0 Å². The molecule has 0 aliphatic heterocycles. The van der Waals surface area contributed by atoms with Crippen molar-refractivity contribution in [1.29, 1.82) is 0 Å². The van der Waals surface area contributed by atoms with Gasteiger partial charge in [-0.15, -0.1) is 0 Å². The minimum Gasteiger partial charge on any atom is -0.382 e. The summed E-state index contributed by atoms with van der Waals surface area (Å²) in [5, 5.41) is 9.28. The zero-order valence-corrected chi connectivity index (χ0v) is 10.2. The van der Waals surface area contributed by atoms with Gasteiger partial charge < -0.3 is 11.1 Å². The van der Waals surface area contributed by atoms with Crippen molar-refractivity contribution < 1.29 is 4.79 Å². The van der Waals surface area contributed by atoms with Gasteiger partial charge in [-0.1, -0.05) is 37.3 Å². The standard InChI is InChI=1S/C13H16N4O/c1-2-10(9-6-4-3-5-7-9)15-13(18)11-8-12(14)17-16-11/h3-8,10H,2H2,1H3,(H,15,18)(H3,14,16,17)/t10-/m1/s1. The van der Waals surface area contributed by atoms with E-state index < -0.39 is 0 Å². The molecule has 4 N–H and O–H groups in total. The van der Waals surface area contributed by atoms with Crippen molar-refractivity contribution in [2.24, 2.45) is 0 Å². The van der Waals surface area contributed by atoms with Gasteiger partial charge in [0.25, 0.3) is 5.91 Å². The van der Waals surface area contributed by atoms with E-state index in [-0.39, 0.29) is 11.9 Å². The van der Waals surface area contributed by atoms with Crippen LogP contribution in [-0.4, -0.2) is 16.1 Å². The van der Waals surface area contributed by atoms with E-state index in [1.165, 1.54) is 6.07 Å². The second-order valence-electron chi connectivity index (χ2n) is 4.05. The van der Waals surface area contributed by atoms with Crippen LogP contribution in [0.2, 0.25) is 0 Å². The van der Waals surface area contributed by atoms with Crippen LogP contribution in [0.4, 0.5) is 5.82 Å². The first kappa shape index (κ1) is 12.2. The molecule has 0 saturated heterocycles. The fourth-order valence-electron chi connectivity index (χ4n) is 1.80. The summed E-state index contributed by atoms with van der Waals surface area (Å²) < 4.78 is 0. The maximum Gasteiger partial charge on any atom is 0.269 e. The van der Waals surface area contributed by atoms with E-state index in [2.05, 4.69) is 15.5 Å². The molecule has 0 saturated carbocycles. The molecule has 1 aromatic carbocycles. The summed E-state index contributed by atoms with van der Waals surface area (Å²) in [5.41, 5.74) is 6.93. The Labute approximate surface area is 105 Å². The molecule has 1 heterocycles. The highest BCUT2D eigenvalue weighted by Crippen LogP contribution is 2.16. The van der Waals surface area contributed by atoms with Crippen LogP contribution in [-0.2, 0) is 0 Å². The number of anilines is 1. The molecular weight excluding hydrogens is 228 g/mol. The first-order valence-electron chi connectivity index (χ1n) is 5.87. The number of hydrogen-bond acceptors (Lipinski definition) is 3. The van der Waals surface area contributed by atoms with Crippen LogP contribution in [0.3, 0.4) is 0 Å². The predicted octanol–water partition coefficient (Wildman–Crippen LogP) is 1.87. The van der Waals surface area contributed by atoms with Crippen LogP contribution in [0.5, 0.6) is 0 Å². The van der Waals surface area contributed by atoms with E-state index in [0.29, 0.717) is 11.5 Å². The highest BCUT2D eigenvalue weighted by atomic mass is 16.2. The van der Waals surface area contributed by atoms with E-state index in [1.54, 1.807) is 0 Å². The Balaban J connectivity index is 2.10. The quantitative estimate of drug-likeness (QED) is 0.767. The van der Waals surface area contributed by atoms with E-state index >= 15 is 0 Å². The Morgan fingerprint density at radius 2 is 2.17 bits per heavy atom. The lowest BCUT2D eigenvalue weighted by atomic mass is 10.0. The largest absolute Gasteiger partial charge is 0.382 e. The molecule has 5 heteroatoms. The monoisotopic (exact) mass is 244 g/mol. The van der Waals surface area contributed by atoms with Crippen LogP contribution in [0, 0.1) is 0 Å². The van der Waals surface area contributed by atoms with Crippen molar-refractivity contribution in [3.8, 4) is 0 Å². The third kappa shape index (κ3) is 2.68. The van der Waals surface area contributed by atoms with Gasteiger partial charge in [0.1, 0.15) is 11.5 Å². The minimum atomic E-state index is -0.199. The van der Waals surface area contributed by atoms with Crippen molar-refractivity contribution in [2.45, 2.75) is 19.4 Å². The zero-order chi connectivity index (χ0) is 13.0. The molecule has 1 atom stereocenters. The molecule has 0 bridgehead atoms. The smallest absolute Gasteiger partial charge is 0.269 e. The van der Waals surface area contributed by atoms with E-state index in [0.717, 1.165) is 12.0 Å². The summed E-state index contributed by atoms with van der Waals surface area (Å²) in [6.45, 7) is 2.03. The fourth-order valence-corrected chi connectivity index (χ4v) is 1.80. The molecule has 2 aromatic rings. The summed E-state index contributed by atoms with van der Waals surface area (Å²) in [6.07, 6.45) is 0.819. The first-order valence-corrected chi connectivity index (χ1v) is 5.87. The average Bonchev–Trinajstić information content (AvgIpc) is 2.83. The van der Waals surface area contributed by atoms with Gasteiger partial charge in [0, 0.05) is 6.07 Å². The molecule has 0 aliphatic rings. The fraction of sp³-hybridized carbons (Fsp3) is 0.231. The number of nitrogens with one attached hydrogen (secondary N) is 2. The normalized spacial score (nSPS) is 12.1. The molecule has 0 radical (unpaired) electrons. The van der Waals surface area contributed by atoms with Gasteiger partial charge >= 0.3 is 0 Å². The van der Waals surface area contributed by atoms with Gasteiger partial charge in [-0.25, -0.2) is 0 Å². The molecule has 0 unspecified atom stereocenters. The van der Waals surface area contributed by atoms with Crippen LogP contribution >= 0.6 is 0 Å². The highest BCUT2D eigenvalue weighted by molar-refractivity contribution is 5.93. The van der Waals surface area contributed by atoms with E-state index in [9.17, 15) is 4.79 Å². The van der Waals surface area contributed by atoms with Crippen molar-refractivity contribution in [2.75, 3.05) is 5.73 Å². The molecule has 0 aliphatic carbocycles. The number of H-pyrrole nitrogens is 1. The van der Waals surface area contributed by atoms with Gasteiger partial charge in [0.2, 0.25) is 0 Å². The van der Waals surface area contributed by atoms with Crippen LogP contribution < -0.4 is 11.1 Å². The van der Waals surface area contributed by atoms with Gasteiger partial charge in [-0.3, -0.25) is 9.89 Å². The van der Waals surface area contributed by atoms with Crippen molar-refractivity contribution in [1.82, 2.24) is 15.5 Å². The molecule has 2 rings (SSSR count). The van der Waals surface area contributed by atoms with Crippen molar-refractivity contribution in [3.63, 3.8) is 0 Å². The maximum absolute atomic E-state index is 12.0. The van der Waals surface area contributed by atoms with Gasteiger partial charge in [-0.05, 0) is 12.0 Å². The lowest BCUT2D eigenvalue weighted by Crippen LogP contribution is -2.28. The minimum absolute atomic E-state index is 0.0109. The number of hydrogen-bond donors (Lipinski definition) is 3. The number of benzene rings is 1. The molecule has 1 aromatic heterocycles. The third-order valence-electron chi connectivity index (χ3n) is 2.76. The molecule has 0 fully saturated rings. The number of aromatic amines is 1. The summed E-state index contributed by atoms with van der Waals surface area (Å²) in [4.78, 5) is 12.0. The highest BCUT2D eigenvalue weighted by Gasteiger charge is 2.15. The van der Waals surface area contributed by atoms with Crippen molar-refractivity contribution in [3.05, 3.63) is 47.7 Å². The van der Waals surface area contributed by atoms with Gasteiger partial charge in [0.05, 0.1) is 6.04 Å². The molecule has 1 amide bonds. The molecule has 0 spiro atoms. The zero-order valence-electron chi connectivity index (χ0n) is 10.2. The number of rotatable bonds is 4.